The monoisotopic (exact) mass is 98.1 g/mol. The van der Waals surface area contributed by atoms with E-state index in [4.69, 9.17) is 0 Å². The van der Waals surface area contributed by atoms with Crippen LogP contribution >= 0.6 is 0 Å². The van der Waals surface area contributed by atoms with Gasteiger partial charge in [-0.1, -0.05) is 0 Å². The normalized spacial score (nSPS) is 14.6. The van der Waals surface area contributed by atoms with Crippen molar-refractivity contribution in [3.8, 4) is 0 Å². The molecule has 0 spiro atoms. The zero-order chi connectivity index (χ0) is 5.70. The maximum atomic E-state index is 3.89. The van der Waals surface area contributed by atoms with Gasteiger partial charge in [0.1, 0.15) is 6.17 Å². The lowest BCUT2D eigenvalue weighted by Crippen LogP contribution is -1.88. The van der Waals surface area contributed by atoms with Crippen LogP contribution in [0.2, 0.25) is 0 Å². The van der Waals surface area contributed by atoms with Crippen molar-refractivity contribution in [1.82, 2.24) is 0 Å². The molecule has 0 amide bonds. The Hall–Kier alpha value is -0.660. The Morgan fingerprint density at radius 2 is 2.29 bits per heavy atom. The average Bonchev–Trinajstić information content (AvgIpc) is 1.68. The van der Waals surface area contributed by atoms with E-state index in [0.29, 0.717) is 0 Å². The molecule has 0 saturated carbocycles. The SMILES string of the molecule is C=NC(C)/N=C\C. The number of aliphatic imine (C=N–C) groups is 2. The van der Waals surface area contributed by atoms with Crippen molar-refractivity contribution >= 4 is 12.9 Å². The second-order valence-corrected chi connectivity index (χ2v) is 1.22. The molecule has 0 aliphatic carbocycles. The van der Waals surface area contributed by atoms with Crippen molar-refractivity contribution < 1.29 is 0 Å². The summed E-state index contributed by atoms with van der Waals surface area (Å²) in [4.78, 5) is 7.52. The summed E-state index contributed by atoms with van der Waals surface area (Å²) in [6.07, 6.45) is 1.75. The van der Waals surface area contributed by atoms with Crippen LogP contribution in [0.25, 0.3) is 0 Å². The molecule has 0 aromatic heterocycles. The first kappa shape index (κ1) is 6.34. The summed E-state index contributed by atoms with van der Waals surface area (Å²) in [6, 6.07) is 0. The molecule has 0 rings (SSSR count). The fourth-order valence-corrected chi connectivity index (χ4v) is 0.263. The second-order valence-electron chi connectivity index (χ2n) is 1.22. The molecule has 0 radical (unpaired) electrons. The molecule has 0 aliphatic heterocycles. The smallest absolute Gasteiger partial charge is 0.135 e. The summed E-state index contributed by atoms with van der Waals surface area (Å²) in [6.45, 7) is 7.06. The molecule has 2 heteroatoms. The molecule has 1 unspecified atom stereocenters. The second kappa shape index (κ2) is 3.53. The first-order valence-corrected chi connectivity index (χ1v) is 2.25. The van der Waals surface area contributed by atoms with E-state index in [-0.39, 0.29) is 6.17 Å². The van der Waals surface area contributed by atoms with Crippen LogP contribution in [0.1, 0.15) is 13.8 Å². The van der Waals surface area contributed by atoms with Crippen molar-refractivity contribution in [3.63, 3.8) is 0 Å². The lowest BCUT2D eigenvalue weighted by Gasteiger charge is -1.91. The molecular formula is C5H10N2. The molecule has 0 fully saturated rings. The van der Waals surface area contributed by atoms with E-state index in [1.165, 1.54) is 0 Å². The Morgan fingerprint density at radius 1 is 1.71 bits per heavy atom. The molecule has 0 aliphatic rings. The number of nitrogens with zero attached hydrogens (tertiary/aromatic N) is 2. The van der Waals surface area contributed by atoms with Crippen LogP contribution in [0.5, 0.6) is 0 Å². The van der Waals surface area contributed by atoms with Crippen LogP contribution in [0.4, 0.5) is 0 Å². The summed E-state index contributed by atoms with van der Waals surface area (Å²) in [5, 5.41) is 0. The zero-order valence-electron chi connectivity index (χ0n) is 4.76. The van der Waals surface area contributed by atoms with Gasteiger partial charge in [-0.3, -0.25) is 9.98 Å². The van der Waals surface area contributed by atoms with Gasteiger partial charge in [0.25, 0.3) is 0 Å². The van der Waals surface area contributed by atoms with Crippen LogP contribution in [-0.4, -0.2) is 19.1 Å². The largest absolute Gasteiger partial charge is 0.275 e. The first-order valence-electron chi connectivity index (χ1n) is 2.25. The molecular weight excluding hydrogens is 88.1 g/mol. The van der Waals surface area contributed by atoms with Gasteiger partial charge in [0.15, 0.2) is 0 Å². The van der Waals surface area contributed by atoms with E-state index in [9.17, 15) is 0 Å². The minimum absolute atomic E-state index is 0.0324. The quantitative estimate of drug-likeness (QED) is 0.462. The number of rotatable bonds is 2. The summed E-state index contributed by atoms with van der Waals surface area (Å²) in [5.74, 6) is 0. The highest BCUT2D eigenvalue weighted by Crippen LogP contribution is 1.84. The zero-order valence-corrected chi connectivity index (χ0v) is 4.76. The van der Waals surface area contributed by atoms with Crippen LogP contribution in [0.15, 0.2) is 9.98 Å². The maximum Gasteiger partial charge on any atom is 0.135 e. The Labute approximate surface area is 44.0 Å². The van der Waals surface area contributed by atoms with Crippen LogP contribution in [0, 0.1) is 0 Å². The van der Waals surface area contributed by atoms with Gasteiger partial charge in [0.05, 0.1) is 0 Å². The fraction of sp³-hybridized carbons (Fsp3) is 0.600. The lowest BCUT2D eigenvalue weighted by molar-refractivity contribution is 0.805. The van der Waals surface area contributed by atoms with Gasteiger partial charge in [0.2, 0.25) is 0 Å². The Balaban J connectivity index is 3.35. The highest BCUT2D eigenvalue weighted by atomic mass is 15.0. The van der Waals surface area contributed by atoms with Crippen LogP contribution < -0.4 is 0 Å². The van der Waals surface area contributed by atoms with Crippen LogP contribution in [-0.2, 0) is 0 Å². The van der Waals surface area contributed by atoms with Gasteiger partial charge < -0.3 is 0 Å². The average molecular weight is 98.1 g/mol. The predicted octanol–water partition coefficient (Wildman–Crippen LogP) is 1.12. The number of hydrogen-bond donors (Lipinski definition) is 0. The molecule has 0 bridgehead atoms. The van der Waals surface area contributed by atoms with Crippen molar-refractivity contribution in [2.45, 2.75) is 20.0 Å². The molecule has 0 saturated heterocycles. The highest BCUT2D eigenvalue weighted by molar-refractivity contribution is 5.53. The standard InChI is InChI=1S/C5H10N2/c1-4-7-5(2)6-3/h4-5H,3H2,1-2H3/b7-4-. The third-order valence-corrected chi connectivity index (χ3v) is 0.629. The molecule has 0 aromatic rings. The fourth-order valence-electron chi connectivity index (χ4n) is 0.263. The first-order chi connectivity index (χ1) is 3.31. The van der Waals surface area contributed by atoms with Gasteiger partial charge in [0, 0.05) is 0 Å². The van der Waals surface area contributed by atoms with Crippen molar-refractivity contribution in [2.24, 2.45) is 9.98 Å². The van der Waals surface area contributed by atoms with Gasteiger partial charge in [-0.25, -0.2) is 0 Å². The molecule has 2 nitrogen and oxygen atoms in total. The van der Waals surface area contributed by atoms with E-state index in [0.717, 1.165) is 0 Å². The number of hydrogen-bond acceptors (Lipinski definition) is 2. The van der Waals surface area contributed by atoms with Gasteiger partial charge >= 0.3 is 0 Å². The highest BCUT2D eigenvalue weighted by Gasteiger charge is 1.82. The molecule has 0 aromatic carbocycles. The van der Waals surface area contributed by atoms with E-state index >= 15 is 0 Å². The molecule has 40 valence electrons. The van der Waals surface area contributed by atoms with E-state index in [2.05, 4.69) is 16.7 Å². The summed E-state index contributed by atoms with van der Waals surface area (Å²) in [7, 11) is 0. The maximum absolute atomic E-state index is 3.89. The lowest BCUT2D eigenvalue weighted by atomic mass is 10.6. The van der Waals surface area contributed by atoms with Gasteiger partial charge in [-0.2, -0.15) is 0 Å². The third kappa shape index (κ3) is 3.16. The molecule has 1 atom stereocenters. The molecule has 0 N–H and O–H groups in total. The predicted molar refractivity (Wildman–Crippen MR) is 33.2 cm³/mol. The van der Waals surface area contributed by atoms with E-state index in [1.807, 2.05) is 13.8 Å². The minimum Gasteiger partial charge on any atom is -0.275 e. The van der Waals surface area contributed by atoms with Crippen molar-refractivity contribution in [2.75, 3.05) is 0 Å². The van der Waals surface area contributed by atoms with Gasteiger partial charge in [-0.15, -0.1) is 0 Å². The van der Waals surface area contributed by atoms with E-state index < -0.39 is 0 Å². The Bertz CT molecular complexity index is 76.1. The Morgan fingerprint density at radius 3 is 2.43 bits per heavy atom. The van der Waals surface area contributed by atoms with Crippen molar-refractivity contribution in [3.05, 3.63) is 0 Å². The molecule has 7 heavy (non-hydrogen) atoms. The topological polar surface area (TPSA) is 24.7 Å². The summed E-state index contributed by atoms with van der Waals surface area (Å²) in [5.41, 5.74) is 0. The van der Waals surface area contributed by atoms with Crippen molar-refractivity contribution in [1.29, 1.82) is 0 Å². The van der Waals surface area contributed by atoms with E-state index in [1.54, 1.807) is 6.21 Å². The Kier molecular flexibility index (Phi) is 3.19. The third-order valence-electron chi connectivity index (χ3n) is 0.629. The van der Waals surface area contributed by atoms with Gasteiger partial charge in [-0.05, 0) is 26.8 Å². The molecule has 0 heterocycles. The summed E-state index contributed by atoms with van der Waals surface area (Å²) < 4.78 is 0. The minimum atomic E-state index is 0.0324. The van der Waals surface area contributed by atoms with Crippen LogP contribution in [0.3, 0.4) is 0 Å². The summed E-state index contributed by atoms with van der Waals surface area (Å²) >= 11 is 0.